The number of amides is 1. The Morgan fingerprint density at radius 1 is 1.13 bits per heavy atom. The molecule has 1 amide bonds. The second kappa shape index (κ2) is 9.62. The zero-order valence-electron chi connectivity index (χ0n) is 17.8. The van der Waals surface area contributed by atoms with Gasteiger partial charge in [-0.15, -0.1) is 0 Å². The molecule has 30 heavy (non-hydrogen) atoms. The summed E-state index contributed by atoms with van der Waals surface area (Å²) in [5.74, 6) is 0.515. The Bertz CT molecular complexity index is 998. The molecule has 0 spiro atoms. The molecule has 2 aromatic rings. The predicted molar refractivity (Wildman–Crippen MR) is 117 cm³/mol. The molecule has 1 heterocycles. The molecule has 0 saturated carbocycles. The van der Waals surface area contributed by atoms with Crippen molar-refractivity contribution in [2.24, 2.45) is 0 Å². The van der Waals surface area contributed by atoms with Crippen molar-refractivity contribution in [2.75, 3.05) is 20.2 Å². The normalized spacial score (nSPS) is 16.1. The Labute approximate surface area is 179 Å². The van der Waals surface area contributed by atoms with Gasteiger partial charge in [0.25, 0.3) is 5.91 Å². The molecule has 1 aliphatic rings. The maximum Gasteiger partial charge on any atom is 0.251 e. The van der Waals surface area contributed by atoms with Crippen LogP contribution >= 0.6 is 0 Å². The molecular weight excluding hydrogens is 400 g/mol. The molecule has 1 atom stereocenters. The van der Waals surface area contributed by atoms with E-state index in [4.69, 9.17) is 4.74 Å². The molecule has 0 bridgehead atoms. The monoisotopic (exact) mass is 430 g/mol. The molecule has 1 aliphatic heterocycles. The number of nitrogens with zero attached hydrogens (tertiary/aromatic N) is 1. The molecule has 1 N–H and O–H groups in total. The van der Waals surface area contributed by atoms with Crippen LogP contribution in [0.15, 0.2) is 47.4 Å². The number of rotatable bonds is 7. The lowest BCUT2D eigenvalue weighted by Gasteiger charge is -2.26. The molecule has 2 aromatic carbocycles. The number of sulfonamides is 1. The highest BCUT2D eigenvalue weighted by Gasteiger charge is 2.26. The molecular formula is C23H30N2O4S. The van der Waals surface area contributed by atoms with Gasteiger partial charge in [0.05, 0.1) is 18.0 Å². The third kappa shape index (κ3) is 4.84. The van der Waals surface area contributed by atoms with E-state index in [0.29, 0.717) is 25.1 Å². The standard InChI is InChI=1S/C23H30N2O4S/c1-4-21(18-11-12-22(29-3)17(2)15-18)24-23(26)19-9-8-10-20(16-19)30(27,28)25-13-6-5-7-14-25/h8-12,15-16,21H,4-7,13-14H2,1-3H3,(H,24,26)/t21-/m1/s1. The van der Waals surface area contributed by atoms with Crippen molar-refractivity contribution in [3.05, 3.63) is 59.2 Å². The molecule has 3 rings (SSSR count). The summed E-state index contributed by atoms with van der Waals surface area (Å²) in [5, 5.41) is 3.03. The lowest BCUT2D eigenvalue weighted by Crippen LogP contribution is -2.35. The van der Waals surface area contributed by atoms with Crippen LogP contribution in [0.4, 0.5) is 0 Å². The van der Waals surface area contributed by atoms with Crippen LogP contribution in [-0.4, -0.2) is 38.8 Å². The SMILES string of the molecule is CC[C@@H](NC(=O)c1cccc(S(=O)(=O)N2CCCCC2)c1)c1ccc(OC)c(C)c1. The van der Waals surface area contributed by atoms with Crippen molar-refractivity contribution in [3.8, 4) is 5.75 Å². The van der Waals surface area contributed by atoms with Gasteiger partial charge in [-0.2, -0.15) is 4.31 Å². The Morgan fingerprint density at radius 3 is 2.50 bits per heavy atom. The number of hydrogen-bond donors (Lipinski definition) is 1. The topological polar surface area (TPSA) is 75.7 Å². The van der Waals surface area contributed by atoms with Gasteiger partial charge in [0.15, 0.2) is 0 Å². The molecule has 1 fully saturated rings. The van der Waals surface area contributed by atoms with E-state index in [1.54, 1.807) is 25.3 Å². The van der Waals surface area contributed by atoms with Crippen molar-refractivity contribution in [1.82, 2.24) is 9.62 Å². The first kappa shape index (κ1) is 22.3. The fraction of sp³-hybridized carbons (Fsp3) is 0.435. The van der Waals surface area contributed by atoms with Crippen molar-refractivity contribution >= 4 is 15.9 Å². The second-order valence-corrected chi connectivity index (χ2v) is 9.59. The molecule has 0 aromatic heterocycles. The number of benzene rings is 2. The molecule has 6 nitrogen and oxygen atoms in total. The maximum atomic E-state index is 12.9. The largest absolute Gasteiger partial charge is 0.496 e. The number of carbonyl (C=O) groups excluding carboxylic acids is 1. The summed E-state index contributed by atoms with van der Waals surface area (Å²) < 4.78 is 32.7. The van der Waals surface area contributed by atoms with Gasteiger partial charge in [-0.1, -0.05) is 31.5 Å². The highest BCUT2D eigenvalue weighted by atomic mass is 32.2. The van der Waals surface area contributed by atoms with E-state index in [-0.39, 0.29) is 16.8 Å². The van der Waals surface area contributed by atoms with E-state index in [9.17, 15) is 13.2 Å². The summed E-state index contributed by atoms with van der Waals surface area (Å²) in [6.45, 7) is 5.04. The number of hydrogen-bond acceptors (Lipinski definition) is 4. The maximum absolute atomic E-state index is 12.9. The summed E-state index contributed by atoms with van der Waals surface area (Å²) in [7, 11) is -1.95. The molecule has 0 aliphatic carbocycles. The van der Waals surface area contributed by atoms with Crippen LogP contribution in [0.1, 0.15) is 60.1 Å². The first-order valence-electron chi connectivity index (χ1n) is 10.4. The summed E-state index contributed by atoms with van der Waals surface area (Å²) in [4.78, 5) is 13.1. The quantitative estimate of drug-likeness (QED) is 0.719. The predicted octanol–water partition coefficient (Wildman–Crippen LogP) is 4.06. The minimum absolute atomic E-state index is 0.172. The van der Waals surface area contributed by atoms with Crippen molar-refractivity contribution in [3.63, 3.8) is 0 Å². The highest BCUT2D eigenvalue weighted by molar-refractivity contribution is 7.89. The summed E-state index contributed by atoms with van der Waals surface area (Å²) in [6, 6.07) is 12.0. The summed E-state index contributed by atoms with van der Waals surface area (Å²) >= 11 is 0. The van der Waals surface area contributed by atoms with Gasteiger partial charge in [-0.05, 0) is 61.6 Å². The van der Waals surface area contributed by atoms with E-state index in [1.807, 2.05) is 32.0 Å². The number of carbonyl (C=O) groups is 1. The number of methoxy groups -OCH3 is 1. The molecule has 0 unspecified atom stereocenters. The van der Waals surface area contributed by atoms with Gasteiger partial charge in [0, 0.05) is 18.7 Å². The van der Waals surface area contributed by atoms with Crippen molar-refractivity contribution < 1.29 is 17.9 Å². The van der Waals surface area contributed by atoms with Crippen molar-refractivity contribution in [2.45, 2.75) is 50.5 Å². The fourth-order valence-corrected chi connectivity index (χ4v) is 5.40. The van der Waals surface area contributed by atoms with Crippen LogP contribution in [0, 0.1) is 6.92 Å². The van der Waals surface area contributed by atoms with E-state index < -0.39 is 10.0 Å². The van der Waals surface area contributed by atoms with Gasteiger partial charge in [0.2, 0.25) is 10.0 Å². The van der Waals surface area contributed by atoms with Gasteiger partial charge in [-0.3, -0.25) is 4.79 Å². The first-order valence-corrected chi connectivity index (χ1v) is 11.9. The lowest BCUT2D eigenvalue weighted by molar-refractivity contribution is 0.0935. The number of aryl methyl sites for hydroxylation is 1. The second-order valence-electron chi connectivity index (χ2n) is 7.66. The fourth-order valence-electron chi connectivity index (χ4n) is 3.83. The Hall–Kier alpha value is -2.38. The van der Waals surface area contributed by atoms with E-state index in [0.717, 1.165) is 36.1 Å². The van der Waals surface area contributed by atoms with E-state index in [1.165, 1.54) is 10.4 Å². The molecule has 162 valence electrons. The zero-order valence-corrected chi connectivity index (χ0v) is 18.7. The van der Waals surface area contributed by atoms with Gasteiger partial charge in [-0.25, -0.2) is 8.42 Å². The molecule has 1 saturated heterocycles. The Morgan fingerprint density at radius 2 is 1.87 bits per heavy atom. The van der Waals surface area contributed by atoms with Gasteiger partial charge < -0.3 is 10.1 Å². The number of ether oxygens (including phenoxy) is 1. The van der Waals surface area contributed by atoms with E-state index in [2.05, 4.69) is 5.32 Å². The average Bonchev–Trinajstić information content (AvgIpc) is 2.78. The van der Waals surface area contributed by atoms with Crippen molar-refractivity contribution in [1.29, 1.82) is 0 Å². The van der Waals surface area contributed by atoms with Crippen LogP contribution < -0.4 is 10.1 Å². The van der Waals surface area contributed by atoms with Crippen LogP contribution in [0.5, 0.6) is 5.75 Å². The lowest BCUT2D eigenvalue weighted by atomic mass is 10.0. The van der Waals surface area contributed by atoms with E-state index >= 15 is 0 Å². The summed E-state index contributed by atoms with van der Waals surface area (Å²) in [6.07, 6.45) is 3.51. The average molecular weight is 431 g/mol. The molecule has 7 heteroatoms. The third-order valence-corrected chi connectivity index (χ3v) is 7.48. The number of piperidine rings is 1. The highest BCUT2D eigenvalue weighted by Crippen LogP contribution is 2.25. The smallest absolute Gasteiger partial charge is 0.251 e. The minimum atomic E-state index is -3.58. The first-order chi connectivity index (χ1) is 14.4. The van der Waals surface area contributed by atoms with Crippen LogP contribution in [0.25, 0.3) is 0 Å². The van der Waals surface area contributed by atoms with Crippen LogP contribution in [0.2, 0.25) is 0 Å². The minimum Gasteiger partial charge on any atom is -0.496 e. The Kier molecular flexibility index (Phi) is 7.15. The third-order valence-electron chi connectivity index (χ3n) is 5.58. The number of nitrogens with one attached hydrogen (secondary N) is 1. The van der Waals surface area contributed by atoms with Crippen LogP contribution in [-0.2, 0) is 10.0 Å². The van der Waals surface area contributed by atoms with Gasteiger partial charge in [0.1, 0.15) is 5.75 Å². The van der Waals surface area contributed by atoms with Gasteiger partial charge >= 0.3 is 0 Å². The Balaban J connectivity index is 1.79. The zero-order chi connectivity index (χ0) is 21.7. The van der Waals surface area contributed by atoms with Crippen LogP contribution in [0.3, 0.4) is 0 Å². The molecule has 0 radical (unpaired) electrons. The summed E-state index contributed by atoms with van der Waals surface area (Å²) in [5.41, 5.74) is 2.33.